The van der Waals surface area contributed by atoms with Gasteiger partial charge in [-0.25, -0.2) is 9.97 Å². The molecule has 0 amide bonds. The topological polar surface area (TPSA) is 109 Å². The van der Waals surface area contributed by atoms with Crippen molar-refractivity contribution in [1.29, 1.82) is 0 Å². The number of ether oxygens (including phenoxy) is 1. The summed E-state index contributed by atoms with van der Waals surface area (Å²) < 4.78 is 7.28. The molecule has 1 aromatic carbocycles. The number of nitrogens with zero attached hydrogens (tertiary/aromatic N) is 7. The third kappa shape index (κ3) is 2.95. The second-order valence-corrected chi connectivity index (χ2v) is 6.12. The quantitative estimate of drug-likeness (QED) is 0.561. The van der Waals surface area contributed by atoms with Crippen molar-refractivity contribution in [2.75, 3.05) is 36.5 Å². The van der Waals surface area contributed by atoms with Gasteiger partial charge in [-0.1, -0.05) is 0 Å². The minimum Gasteiger partial charge on any atom is -0.378 e. The zero-order chi connectivity index (χ0) is 18.1. The number of rotatable bonds is 4. The molecule has 5 rings (SSSR count). The van der Waals surface area contributed by atoms with E-state index in [4.69, 9.17) is 4.74 Å². The molecule has 0 aliphatic carbocycles. The van der Waals surface area contributed by atoms with E-state index in [1.807, 2.05) is 22.7 Å². The summed E-state index contributed by atoms with van der Waals surface area (Å²) in [5, 5.41) is 17.4. The van der Waals surface area contributed by atoms with E-state index in [2.05, 4.69) is 52.9 Å². The molecule has 136 valence electrons. The number of nitrogens with one attached hydrogen (secondary N) is 2. The molecule has 0 spiro atoms. The predicted molar refractivity (Wildman–Crippen MR) is 98.9 cm³/mol. The molecule has 0 bridgehead atoms. The molecule has 0 radical (unpaired) electrons. The number of hydrogen-bond acceptors (Lipinski definition) is 8. The van der Waals surface area contributed by atoms with Gasteiger partial charge in [-0.05, 0) is 29.5 Å². The first-order chi connectivity index (χ1) is 13.4. The number of imidazole rings is 1. The minimum atomic E-state index is 0.465. The summed E-state index contributed by atoms with van der Waals surface area (Å²) >= 11 is 0. The molecule has 1 fully saturated rings. The van der Waals surface area contributed by atoms with Crippen LogP contribution in [0, 0.1) is 0 Å². The number of anilines is 3. The van der Waals surface area contributed by atoms with Crippen LogP contribution >= 0.6 is 0 Å². The second kappa shape index (κ2) is 6.65. The molecule has 3 aromatic heterocycles. The van der Waals surface area contributed by atoms with Crippen LogP contribution in [-0.4, -0.2) is 61.3 Å². The maximum Gasteiger partial charge on any atom is 0.222 e. The van der Waals surface area contributed by atoms with Crippen LogP contribution in [0.15, 0.2) is 42.9 Å². The number of aromatic nitrogens is 7. The van der Waals surface area contributed by atoms with E-state index in [0.29, 0.717) is 23.0 Å². The third-order valence-electron chi connectivity index (χ3n) is 4.51. The van der Waals surface area contributed by atoms with Gasteiger partial charge in [-0.3, -0.25) is 4.40 Å². The smallest absolute Gasteiger partial charge is 0.222 e. The van der Waals surface area contributed by atoms with E-state index < -0.39 is 0 Å². The van der Waals surface area contributed by atoms with Gasteiger partial charge in [0, 0.05) is 36.9 Å². The van der Waals surface area contributed by atoms with Crippen molar-refractivity contribution in [1.82, 2.24) is 35.0 Å². The molecule has 4 heterocycles. The molecular weight excluding hydrogens is 346 g/mol. The zero-order valence-corrected chi connectivity index (χ0v) is 14.4. The van der Waals surface area contributed by atoms with E-state index in [9.17, 15) is 0 Å². The number of tetrazole rings is 1. The first kappa shape index (κ1) is 15.7. The predicted octanol–water partition coefficient (Wildman–Crippen LogP) is 1.49. The molecule has 27 heavy (non-hydrogen) atoms. The maximum atomic E-state index is 5.41. The Morgan fingerprint density at radius 1 is 1.07 bits per heavy atom. The van der Waals surface area contributed by atoms with Crippen LogP contribution in [0.25, 0.3) is 17.2 Å². The van der Waals surface area contributed by atoms with E-state index >= 15 is 0 Å². The van der Waals surface area contributed by atoms with Crippen molar-refractivity contribution >= 4 is 22.8 Å². The molecule has 0 saturated carbocycles. The molecule has 1 aliphatic rings. The highest BCUT2D eigenvalue weighted by Gasteiger charge is 2.14. The Balaban J connectivity index is 1.42. The number of aromatic amines is 1. The fraction of sp³-hybridized carbons (Fsp3) is 0.235. The molecule has 1 saturated heterocycles. The Bertz CT molecular complexity index is 1040. The van der Waals surface area contributed by atoms with Crippen LogP contribution < -0.4 is 10.2 Å². The van der Waals surface area contributed by atoms with Crippen molar-refractivity contribution in [2.24, 2.45) is 0 Å². The highest BCUT2D eigenvalue weighted by molar-refractivity contribution is 5.73. The van der Waals surface area contributed by atoms with Crippen molar-refractivity contribution in [3.8, 4) is 11.5 Å². The Hall–Kier alpha value is -3.53. The van der Waals surface area contributed by atoms with Gasteiger partial charge in [-0.15, -0.1) is 10.2 Å². The highest BCUT2D eigenvalue weighted by Crippen LogP contribution is 2.25. The van der Waals surface area contributed by atoms with Gasteiger partial charge < -0.3 is 15.0 Å². The molecular formula is C17H17N9O. The van der Waals surface area contributed by atoms with Crippen molar-refractivity contribution < 1.29 is 4.74 Å². The molecule has 0 unspecified atom stereocenters. The number of hydrogen-bond donors (Lipinski definition) is 2. The van der Waals surface area contributed by atoms with E-state index in [0.717, 1.165) is 32.0 Å². The molecule has 10 heteroatoms. The van der Waals surface area contributed by atoms with Gasteiger partial charge in [0.1, 0.15) is 5.69 Å². The Morgan fingerprint density at radius 2 is 1.93 bits per heavy atom. The summed E-state index contributed by atoms with van der Waals surface area (Å²) in [6.45, 7) is 3.38. The normalized spacial score (nSPS) is 14.6. The number of H-pyrrole nitrogens is 1. The summed E-state index contributed by atoms with van der Waals surface area (Å²) in [5.41, 5.74) is 3.53. The first-order valence-corrected chi connectivity index (χ1v) is 8.64. The van der Waals surface area contributed by atoms with Crippen LogP contribution in [0.1, 0.15) is 0 Å². The van der Waals surface area contributed by atoms with Crippen LogP contribution in [0.5, 0.6) is 0 Å². The van der Waals surface area contributed by atoms with E-state index in [1.165, 1.54) is 5.69 Å². The lowest BCUT2D eigenvalue weighted by atomic mass is 10.2. The molecule has 2 N–H and O–H groups in total. The maximum absolute atomic E-state index is 5.41. The van der Waals surface area contributed by atoms with Crippen LogP contribution in [-0.2, 0) is 4.74 Å². The fourth-order valence-electron chi connectivity index (χ4n) is 3.16. The number of morpholine rings is 1. The van der Waals surface area contributed by atoms with Gasteiger partial charge in [0.25, 0.3) is 0 Å². The van der Waals surface area contributed by atoms with Gasteiger partial charge >= 0.3 is 0 Å². The van der Waals surface area contributed by atoms with Crippen LogP contribution in [0.3, 0.4) is 0 Å². The van der Waals surface area contributed by atoms with E-state index in [-0.39, 0.29) is 0 Å². The Kier molecular flexibility index (Phi) is 3.87. The average molecular weight is 363 g/mol. The lowest BCUT2D eigenvalue weighted by Gasteiger charge is -2.28. The number of fused-ring (bicyclic) bond motifs is 1. The standard InChI is InChI=1S/C17H17N9O/c1-3-13(25-7-9-27-10-8-25)4-2-12(1)20-16-17-18-5-6-26(17)14(11-19-16)15-21-23-24-22-15/h1-6,11H,7-10H2,(H,19,20)(H,21,22,23,24). The largest absolute Gasteiger partial charge is 0.378 e. The van der Waals surface area contributed by atoms with Crippen molar-refractivity contribution in [3.05, 3.63) is 42.9 Å². The van der Waals surface area contributed by atoms with Gasteiger partial charge in [0.05, 0.1) is 19.4 Å². The third-order valence-corrected chi connectivity index (χ3v) is 4.51. The second-order valence-electron chi connectivity index (χ2n) is 6.12. The van der Waals surface area contributed by atoms with Crippen LogP contribution in [0.4, 0.5) is 17.2 Å². The molecule has 4 aromatic rings. The zero-order valence-electron chi connectivity index (χ0n) is 14.4. The summed E-state index contributed by atoms with van der Waals surface area (Å²) in [4.78, 5) is 11.2. The SMILES string of the molecule is c1cn2c(-c3nn[nH]n3)cnc(Nc3ccc(N4CCOCC4)cc3)c2n1. The van der Waals surface area contributed by atoms with Crippen molar-refractivity contribution in [3.63, 3.8) is 0 Å². The summed E-state index contributed by atoms with van der Waals surface area (Å²) in [7, 11) is 0. The minimum absolute atomic E-state index is 0.465. The Labute approximate surface area is 154 Å². The van der Waals surface area contributed by atoms with E-state index in [1.54, 1.807) is 12.4 Å². The highest BCUT2D eigenvalue weighted by atomic mass is 16.5. The first-order valence-electron chi connectivity index (χ1n) is 8.64. The van der Waals surface area contributed by atoms with Crippen LogP contribution in [0.2, 0.25) is 0 Å². The average Bonchev–Trinajstić information content (AvgIpc) is 3.42. The molecule has 0 atom stereocenters. The lowest BCUT2D eigenvalue weighted by molar-refractivity contribution is 0.122. The summed E-state index contributed by atoms with van der Waals surface area (Å²) in [6.07, 6.45) is 5.26. The number of benzene rings is 1. The monoisotopic (exact) mass is 363 g/mol. The molecule has 10 nitrogen and oxygen atoms in total. The summed E-state index contributed by atoms with van der Waals surface area (Å²) in [5.74, 6) is 1.12. The fourth-order valence-corrected chi connectivity index (χ4v) is 3.16. The van der Waals surface area contributed by atoms with Gasteiger partial charge in [0.15, 0.2) is 11.5 Å². The van der Waals surface area contributed by atoms with Gasteiger partial charge in [0.2, 0.25) is 5.82 Å². The Morgan fingerprint density at radius 3 is 2.70 bits per heavy atom. The van der Waals surface area contributed by atoms with Crippen molar-refractivity contribution in [2.45, 2.75) is 0 Å². The molecule has 1 aliphatic heterocycles. The lowest BCUT2D eigenvalue weighted by Crippen LogP contribution is -2.36. The van der Waals surface area contributed by atoms with Gasteiger partial charge in [-0.2, -0.15) is 5.21 Å². The summed E-state index contributed by atoms with van der Waals surface area (Å²) in [6, 6.07) is 8.28.